The molecule has 3 aromatic rings. The minimum absolute atomic E-state index is 0.0334. The molecular formula is C21H26ClN7O3. The van der Waals surface area contributed by atoms with Gasteiger partial charge in [-0.25, -0.2) is 9.78 Å². The zero-order valence-corrected chi connectivity index (χ0v) is 18.9. The van der Waals surface area contributed by atoms with E-state index in [0.717, 1.165) is 42.3 Å². The summed E-state index contributed by atoms with van der Waals surface area (Å²) in [5.41, 5.74) is 0.756. The van der Waals surface area contributed by atoms with E-state index in [-0.39, 0.29) is 23.6 Å². The van der Waals surface area contributed by atoms with Gasteiger partial charge in [-0.2, -0.15) is 0 Å². The van der Waals surface area contributed by atoms with Crippen LogP contribution in [0.25, 0.3) is 11.2 Å². The highest BCUT2D eigenvalue weighted by Crippen LogP contribution is 2.19. The first kappa shape index (κ1) is 22.1. The molecule has 170 valence electrons. The van der Waals surface area contributed by atoms with Crippen LogP contribution in [0, 0.1) is 0 Å². The fourth-order valence-electron chi connectivity index (χ4n) is 3.96. The Kier molecular flexibility index (Phi) is 6.33. The van der Waals surface area contributed by atoms with Gasteiger partial charge in [0.25, 0.3) is 5.56 Å². The molecule has 0 spiro atoms. The third-order valence-electron chi connectivity index (χ3n) is 5.85. The average molecular weight is 460 g/mol. The van der Waals surface area contributed by atoms with Crippen molar-refractivity contribution in [3.63, 3.8) is 0 Å². The molecule has 32 heavy (non-hydrogen) atoms. The minimum atomic E-state index is -0.466. The van der Waals surface area contributed by atoms with E-state index in [4.69, 9.17) is 11.6 Å². The van der Waals surface area contributed by atoms with E-state index in [1.165, 1.54) is 28.2 Å². The summed E-state index contributed by atoms with van der Waals surface area (Å²) in [6, 6.07) is 7.86. The van der Waals surface area contributed by atoms with Gasteiger partial charge in [0.2, 0.25) is 5.91 Å². The molecule has 1 amide bonds. The Balaban J connectivity index is 1.28. The lowest BCUT2D eigenvalue weighted by atomic mass is 10.2. The number of halogens is 1. The van der Waals surface area contributed by atoms with E-state index in [1.807, 2.05) is 24.3 Å². The highest BCUT2D eigenvalue weighted by molar-refractivity contribution is 6.30. The number of aromatic nitrogens is 4. The van der Waals surface area contributed by atoms with Crippen LogP contribution in [0.15, 0.2) is 40.2 Å². The number of hydrogen-bond donors (Lipinski definition) is 1. The molecular weight excluding hydrogens is 434 g/mol. The maximum Gasteiger partial charge on any atom is 0.332 e. The predicted molar refractivity (Wildman–Crippen MR) is 123 cm³/mol. The van der Waals surface area contributed by atoms with Gasteiger partial charge in [-0.15, -0.1) is 0 Å². The van der Waals surface area contributed by atoms with Gasteiger partial charge in [0, 0.05) is 64.1 Å². The zero-order chi connectivity index (χ0) is 22.8. The first-order valence-electron chi connectivity index (χ1n) is 10.5. The number of nitrogens with one attached hydrogen (secondary N) is 1. The molecule has 0 atom stereocenters. The quantitative estimate of drug-likeness (QED) is 0.558. The number of fused-ring (bicyclic) bond motifs is 1. The summed E-state index contributed by atoms with van der Waals surface area (Å²) < 4.78 is 3.80. The number of piperazine rings is 1. The van der Waals surface area contributed by atoms with Crippen LogP contribution in [0.5, 0.6) is 0 Å². The van der Waals surface area contributed by atoms with Crippen molar-refractivity contribution in [2.24, 2.45) is 14.1 Å². The minimum Gasteiger partial charge on any atom is -0.369 e. The van der Waals surface area contributed by atoms with Gasteiger partial charge >= 0.3 is 5.69 Å². The lowest BCUT2D eigenvalue weighted by molar-refractivity contribution is -0.121. The summed E-state index contributed by atoms with van der Waals surface area (Å²) in [6.07, 6.45) is 1.42. The van der Waals surface area contributed by atoms with Crippen molar-refractivity contribution >= 4 is 34.4 Å². The molecule has 2 aromatic heterocycles. The smallest absolute Gasteiger partial charge is 0.332 e. The molecule has 1 aromatic carbocycles. The van der Waals surface area contributed by atoms with Gasteiger partial charge in [-0.3, -0.25) is 23.6 Å². The van der Waals surface area contributed by atoms with Crippen molar-refractivity contribution in [1.82, 2.24) is 28.9 Å². The normalized spacial score (nSPS) is 14.8. The molecule has 0 unspecified atom stereocenters. The van der Waals surface area contributed by atoms with E-state index in [2.05, 4.69) is 20.1 Å². The predicted octanol–water partition coefficient (Wildman–Crippen LogP) is 0.0255. The molecule has 3 heterocycles. The summed E-state index contributed by atoms with van der Waals surface area (Å²) in [5.74, 6) is -0.208. The average Bonchev–Trinajstić information content (AvgIpc) is 3.21. The highest BCUT2D eigenvalue weighted by atomic mass is 35.5. The van der Waals surface area contributed by atoms with Gasteiger partial charge < -0.3 is 14.8 Å². The standard InChI is InChI=1S/C21H26ClN7O3/c1-25-19-18(20(31)26(2)21(25)32)29(14-24-19)13-17(30)23-7-8-27-9-11-28(12-10-27)16-5-3-15(22)4-6-16/h3-6,14H,7-13H2,1-2H3,(H,23,30). The van der Waals surface area contributed by atoms with Gasteiger partial charge in [-0.05, 0) is 24.3 Å². The Labute approximate surface area is 189 Å². The summed E-state index contributed by atoms with van der Waals surface area (Å²) >= 11 is 5.96. The second-order valence-electron chi connectivity index (χ2n) is 7.91. The molecule has 4 rings (SSSR count). The number of carbonyl (C=O) groups excluding carboxylic acids is 1. The van der Waals surface area contributed by atoms with Crippen molar-refractivity contribution < 1.29 is 4.79 Å². The third-order valence-corrected chi connectivity index (χ3v) is 6.10. The monoisotopic (exact) mass is 459 g/mol. The van der Waals surface area contributed by atoms with Crippen LogP contribution in [0.4, 0.5) is 5.69 Å². The molecule has 0 radical (unpaired) electrons. The molecule has 10 nitrogen and oxygen atoms in total. The topological polar surface area (TPSA) is 97.4 Å². The molecule has 0 saturated carbocycles. The molecule has 11 heteroatoms. The number of rotatable bonds is 6. The van der Waals surface area contributed by atoms with Crippen LogP contribution in [-0.2, 0) is 25.4 Å². The van der Waals surface area contributed by atoms with E-state index in [0.29, 0.717) is 6.54 Å². The Morgan fingerprint density at radius 1 is 1.06 bits per heavy atom. The molecule has 1 fully saturated rings. The summed E-state index contributed by atoms with van der Waals surface area (Å²) in [7, 11) is 2.96. The Bertz CT molecular complexity index is 1240. The first-order chi connectivity index (χ1) is 15.3. The van der Waals surface area contributed by atoms with Gasteiger partial charge in [0.1, 0.15) is 6.54 Å². The molecule has 1 aliphatic heterocycles. The number of carbonyl (C=O) groups is 1. The van der Waals surface area contributed by atoms with Crippen LogP contribution in [0.2, 0.25) is 5.02 Å². The molecule has 1 aliphatic rings. The van der Waals surface area contributed by atoms with E-state index in [9.17, 15) is 14.4 Å². The van der Waals surface area contributed by atoms with Gasteiger partial charge in [0.05, 0.1) is 6.33 Å². The fourth-order valence-corrected chi connectivity index (χ4v) is 4.09. The Morgan fingerprint density at radius 3 is 2.44 bits per heavy atom. The molecule has 1 saturated heterocycles. The Morgan fingerprint density at radius 2 is 1.75 bits per heavy atom. The van der Waals surface area contributed by atoms with Gasteiger partial charge in [0.15, 0.2) is 11.2 Å². The third kappa shape index (κ3) is 4.42. The molecule has 0 bridgehead atoms. The highest BCUT2D eigenvalue weighted by Gasteiger charge is 2.18. The Hall–Kier alpha value is -3.11. The lowest BCUT2D eigenvalue weighted by Crippen LogP contribution is -2.48. The van der Waals surface area contributed by atoms with Crippen molar-refractivity contribution in [3.8, 4) is 0 Å². The molecule has 1 N–H and O–H groups in total. The fraction of sp³-hybridized carbons (Fsp3) is 0.429. The van der Waals surface area contributed by atoms with Crippen LogP contribution in [0.1, 0.15) is 0 Å². The van der Waals surface area contributed by atoms with Crippen LogP contribution in [0.3, 0.4) is 0 Å². The molecule has 0 aliphatic carbocycles. The van der Waals surface area contributed by atoms with E-state index < -0.39 is 11.2 Å². The van der Waals surface area contributed by atoms with Crippen LogP contribution in [-0.4, -0.2) is 68.8 Å². The maximum absolute atomic E-state index is 12.5. The van der Waals surface area contributed by atoms with Crippen molar-refractivity contribution in [3.05, 3.63) is 56.5 Å². The van der Waals surface area contributed by atoms with E-state index >= 15 is 0 Å². The number of imidazole rings is 1. The number of nitrogens with zero attached hydrogens (tertiary/aromatic N) is 6. The number of hydrogen-bond acceptors (Lipinski definition) is 6. The van der Waals surface area contributed by atoms with Crippen molar-refractivity contribution in [2.45, 2.75) is 6.54 Å². The van der Waals surface area contributed by atoms with Crippen molar-refractivity contribution in [2.75, 3.05) is 44.2 Å². The number of benzene rings is 1. The summed E-state index contributed by atoms with van der Waals surface area (Å²) in [4.78, 5) is 45.7. The van der Waals surface area contributed by atoms with Crippen LogP contribution >= 0.6 is 11.6 Å². The van der Waals surface area contributed by atoms with Crippen LogP contribution < -0.4 is 21.5 Å². The lowest BCUT2D eigenvalue weighted by Gasteiger charge is -2.36. The second-order valence-corrected chi connectivity index (χ2v) is 8.34. The second kappa shape index (κ2) is 9.17. The largest absolute Gasteiger partial charge is 0.369 e. The maximum atomic E-state index is 12.5. The zero-order valence-electron chi connectivity index (χ0n) is 18.1. The number of amides is 1. The van der Waals surface area contributed by atoms with Gasteiger partial charge in [-0.1, -0.05) is 11.6 Å². The summed E-state index contributed by atoms with van der Waals surface area (Å²) in [5, 5.41) is 3.64. The van der Waals surface area contributed by atoms with E-state index in [1.54, 1.807) is 7.05 Å². The van der Waals surface area contributed by atoms with Crippen molar-refractivity contribution in [1.29, 1.82) is 0 Å². The number of aryl methyl sites for hydroxylation is 1. The first-order valence-corrected chi connectivity index (χ1v) is 10.8. The summed E-state index contributed by atoms with van der Waals surface area (Å²) in [6.45, 7) is 4.89. The SMILES string of the molecule is Cn1c(=O)c2c(ncn2CC(=O)NCCN2CCN(c3ccc(Cl)cc3)CC2)n(C)c1=O. The number of anilines is 1.